The van der Waals surface area contributed by atoms with Gasteiger partial charge in [0.05, 0.1) is 15.6 Å². The van der Waals surface area contributed by atoms with E-state index in [9.17, 15) is 18.0 Å². The maximum Gasteiger partial charge on any atom is 0.243 e. The zero-order valence-corrected chi connectivity index (χ0v) is 18.9. The number of nitrogens with zero attached hydrogens (tertiary/aromatic N) is 1. The minimum atomic E-state index is -3.66. The Morgan fingerprint density at radius 3 is 2.28 bits per heavy atom. The molecular formula is C20H20BrClN2O4S. The van der Waals surface area contributed by atoms with E-state index >= 15 is 0 Å². The van der Waals surface area contributed by atoms with Gasteiger partial charge in [-0.1, -0.05) is 39.7 Å². The summed E-state index contributed by atoms with van der Waals surface area (Å²) in [6, 6.07) is 11.1. The van der Waals surface area contributed by atoms with Crippen molar-refractivity contribution in [3.05, 3.63) is 57.5 Å². The Balaban J connectivity index is 1.63. The third-order valence-corrected chi connectivity index (χ3v) is 7.63. The number of halogens is 2. The molecule has 1 saturated heterocycles. The summed E-state index contributed by atoms with van der Waals surface area (Å²) in [5, 5.41) is 3.25. The Labute approximate surface area is 183 Å². The molecule has 0 aromatic heterocycles. The summed E-state index contributed by atoms with van der Waals surface area (Å²) in [4.78, 5) is 24.1. The van der Waals surface area contributed by atoms with Crippen LogP contribution >= 0.6 is 27.5 Å². The first-order valence-electron chi connectivity index (χ1n) is 9.05. The Bertz CT molecular complexity index is 1030. The fourth-order valence-corrected chi connectivity index (χ4v) is 5.39. The molecule has 1 N–H and O–H groups in total. The van der Waals surface area contributed by atoms with Crippen LogP contribution in [0.25, 0.3) is 0 Å². The lowest BCUT2D eigenvalue weighted by atomic mass is 9.97. The van der Waals surface area contributed by atoms with Crippen molar-refractivity contribution < 1.29 is 18.0 Å². The number of anilines is 1. The molecule has 6 nitrogen and oxygen atoms in total. The predicted molar refractivity (Wildman–Crippen MR) is 116 cm³/mol. The molecule has 3 rings (SSSR count). The number of carbonyl (C=O) groups is 2. The van der Waals surface area contributed by atoms with Crippen LogP contribution in [0.15, 0.2) is 51.8 Å². The average molecular weight is 500 g/mol. The molecule has 0 unspecified atom stereocenters. The number of benzene rings is 2. The van der Waals surface area contributed by atoms with E-state index in [1.54, 1.807) is 18.2 Å². The van der Waals surface area contributed by atoms with Gasteiger partial charge in [0.25, 0.3) is 0 Å². The molecule has 0 atom stereocenters. The molecule has 9 heteroatoms. The molecule has 0 saturated carbocycles. The van der Waals surface area contributed by atoms with Gasteiger partial charge in [0, 0.05) is 29.0 Å². The second-order valence-electron chi connectivity index (χ2n) is 6.87. The highest BCUT2D eigenvalue weighted by Crippen LogP contribution is 2.28. The lowest BCUT2D eigenvalue weighted by Crippen LogP contribution is -2.41. The summed E-state index contributed by atoms with van der Waals surface area (Å²) >= 11 is 9.46. The standard InChI is InChI=1S/C20H20BrClN2O4S/c1-13(25)14-2-5-17(6-3-14)29(27,28)24-10-8-15(9-11-24)20(26)23-19-7-4-16(21)12-18(19)22/h2-7,12,15H,8-11H2,1H3,(H,23,26). The van der Waals surface area contributed by atoms with Crippen molar-refractivity contribution >= 4 is 54.9 Å². The number of rotatable bonds is 5. The van der Waals surface area contributed by atoms with Crippen molar-refractivity contribution in [2.75, 3.05) is 18.4 Å². The van der Waals surface area contributed by atoms with Crippen LogP contribution in [-0.4, -0.2) is 37.5 Å². The molecule has 1 amide bonds. The Hall–Kier alpha value is -1.74. The largest absolute Gasteiger partial charge is 0.325 e. The molecule has 1 aliphatic rings. The molecule has 0 radical (unpaired) electrons. The molecule has 0 bridgehead atoms. The number of nitrogens with one attached hydrogen (secondary N) is 1. The first-order chi connectivity index (χ1) is 13.7. The van der Waals surface area contributed by atoms with Crippen molar-refractivity contribution in [2.45, 2.75) is 24.7 Å². The third-order valence-electron chi connectivity index (χ3n) is 4.91. The number of piperidine rings is 1. The zero-order chi connectivity index (χ0) is 21.2. The van der Waals surface area contributed by atoms with Gasteiger partial charge in [-0.2, -0.15) is 4.31 Å². The molecule has 0 aliphatic carbocycles. The number of hydrogen-bond acceptors (Lipinski definition) is 4. The number of amides is 1. The van der Waals surface area contributed by atoms with Crippen molar-refractivity contribution in [2.24, 2.45) is 5.92 Å². The lowest BCUT2D eigenvalue weighted by molar-refractivity contribution is -0.120. The second kappa shape index (κ2) is 8.95. The second-order valence-corrected chi connectivity index (χ2v) is 10.1. The van der Waals surface area contributed by atoms with Crippen molar-refractivity contribution in [3.63, 3.8) is 0 Å². The van der Waals surface area contributed by atoms with Crippen LogP contribution < -0.4 is 5.32 Å². The lowest BCUT2D eigenvalue weighted by Gasteiger charge is -2.30. The van der Waals surface area contributed by atoms with E-state index in [1.807, 2.05) is 0 Å². The summed E-state index contributed by atoms with van der Waals surface area (Å²) in [6.45, 7) is 1.94. The quantitative estimate of drug-likeness (QED) is 0.620. The highest BCUT2D eigenvalue weighted by molar-refractivity contribution is 9.10. The van der Waals surface area contributed by atoms with Gasteiger partial charge in [0.1, 0.15) is 0 Å². The van der Waals surface area contributed by atoms with Crippen molar-refractivity contribution in [3.8, 4) is 0 Å². The first kappa shape index (κ1) is 22.0. The van der Waals surface area contributed by atoms with Crippen LogP contribution in [0.4, 0.5) is 5.69 Å². The molecule has 2 aromatic carbocycles. The van der Waals surface area contributed by atoms with Crippen LogP contribution in [0.2, 0.25) is 5.02 Å². The van der Waals surface area contributed by atoms with Gasteiger partial charge in [0.2, 0.25) is 15.9 Å². The van der Waals surface area contributed by atoms with E-state index < -0.39 is 10.0 Å². The molecule has 29 heavy (non-hydrogen) atoms. The van der Waals surface area contributed by atoms with Crippen LogP contribution in [0.3, 0.4) is 0 Å². The molecular weight excluding hydrogens is 480 g/mol. The van der Waals surface area contributed by atoms with Crippen LogP contribution in [0.1, 0.15) is 30.1 Å². The number of hydrogen-bond donors (Lipinski definition) is 1. The van der Waals surface area contributed by atoms with Gasteiger partial charge in [-0.25, -0.2) is 8.42 Å². The Kier molecular flexibility index (Phi) is 6.78. The highest BCUT2D eigenvalue weighted by Gasteiger charge is 2.32. The van der Waals surface area contributed by atoms with Gasteiger partial charge in [0.15, 0.2) is 5.78 Å². The first-order valence-corrected chi connectivity index (χ1v) is 11.7. The fraction of sp³-hybridized carbons (Fsp3) is 0.300. The van der Waals surface area contributed by atoms with Gasteiger partial charge in [-0.05, 0) is 50.1 Å². The Morgan fingerprint density at radius 2 is 1.72 bits per heavy atom. The molecule has 1 aliphatic heterocycles. The normalized spacial score (nSPS) is 15.8. The number of sulfonamides is 1. The molecule has 0 spiro atoms. The maximum absolute atomic E-state index is 12.8. The van der Waals surface area contributed by atoms with Crippen molar-refractivity contribution in [1.82, 2.24) is 4.31 Å². The van der Waals surface area contributed by atoms with Gasteiger partial charge < -0.3 is 5.32 Å². The maximum atomic E-state index is 12.8. The van der Waals surface area contributed by atoms with E-state index in [-0.39, 0.29) is 35.6 Å². The Morgan fingerprint density at radius 1 is 1.10 bits per heavy atom. The minimum absolute atomic E-state index is 0.119. The summed E-state index contributed by atoms with van der Waals surface area (Å²) < 4.78 is 27.9. The molecule has 1 heterocycles. The van der Waals surface area contributed by atoms with Gasteiger partial charge in [-0.15, -0.1) is 0 Å². The van der Waals surface area contributed by atoms with Crippen LogP contribution in [0.5, 0.6) is 0 Å². The van der Waals surface area contributed by atoms with E-state index in [1.165, 1.54) is 35.5 Å². The van der Waals surface area contributed by atoms with Gasteiger partial charge >= 0.3 is 0 Å². The summed E-state index contributed by atoms with van der Waals surface area (Å²) in [6.07, 6.45) is 0.843. The summed E-state index contributed by atoms with van der Waals surface area (Å²) in [5.74, 6) is -0.579. The van der Waals surface area contributed by atoms with E-state index in [0.717, 1.165) is 4.47 Å². The van der Waals surface area contributed by atoms with Gasteiger partial charge in [-0.3, -0.25) is 9.59 Å². The summed E-state index contributed by atoms with van der Waals surface area (Å²) in [7, 11) is -3.66. The SMILES string of the molecule is CC(=O)c1ccc(S(=O)(=O)N2CCC(C(=O)Nc3ccc(Br)cc3Cl)CC2)cc1. The fourth-order valence-electron chi connectivity index (χ4n) is 3.19. The van der Waals surface area contributed by atoms with Crippen LogP contribution in [-0.2, 0) is 14.8 Å². The smallest absolute Gasteiger partial charge is 0.243 e. The topological polar surface area (TPSA) is 83.6 Å². The summed E-state index contributed by atoms with van der Waals surface area (Å²) in [5.41, 5.74) is 0.992. The third kappa shape index (κ3) is 5.06. The highest BCUT2D eigenvalue weighted by atomic mass is 79.9. The van der Waals surface area contributed by atoms with Crippen molar-refractivity contribution in [1.29, 1.82) is 0 Å². The molecule has 1 fully saturated rings. The zero-order valence-electron chi connectivity index (χ0n) is 15.7. The van der Waals surface area contributed by atoms with E-state index in [2.05, 4.69) is 21.2 Å². The molecule has 2 aromatic rings. The molecule has 154 valence electrons. The average Bonchev–Trinajstić information content (AvgIpc) is 2.70. The van der Waals surface area contributed by atoms with E-state index in [0.29, 0.717) is 29.1 Å². The minimum Gasteiger partial charge on any atom is -0.325 e. The number of Topliss-reactive ketones (excluding diaryl/α,β-unsaturated/α-hetero) is 1. The van der Waals surface area contributed by atoms with E-state index in [4.69, 9.17) is 11.6 Å². The number of carbonyl (C=O) groups excluding carboxylic acids is 2. The van der Waals surface area contributed by atoms with Crippen LogP contribution in [0, 0.1) is 5.92 Å². The predicted octanol–water partition coefficient (Wildman–Crippen LogP) is 4.34. The number of ketones is 1. The monoisotopic (exact) mass is 498 g/mol.